The Hall–Kier alpha value is -2.76. The minimum absolute atomic E-state index is 0.0940. The van der Waals surface area contributed by atoms with E-state index in [9.17, 15) is 4.39 Å². The first-order valence-corrected chi connectivity index (χ1v) is 8.43. The molecule has 0 bridgehead atoms. The van der Waals surface area contributed by atoms with E-state index in [-0.39, 0.29) is 11.9 Å². The van der Waals surface area contributed by atoms with Gasteiger partial charge in [0.1, 0.15) is 5.82 Å². The number of aliphatic imine (C=N–C) groups is 1. The van der Waals surface area contributed by atoms with Crippen molar-refractivity contribution in [3.8, 4) is 11.5 Å². The molecule has 0 amide bonds. The smallest absolute Gasteiger partial charge is 0.191 e. The number of methoxy groups -OCH3 is 2. The van der Waals surface area contributed by atoms with Gasteiger partial charge in [-0.1, -0.05) is 24.3 Å². The Morgan fingerprint density at radius 3 is 2.58 bits per heavy atom. The number of para-hydroxylation sites is 1. The number of ether oxygens (including phenoxy) is 2. The Kier molecular flexibility index (Phi) is 6.83. The molecule has 0 heterocycles. The molecule has 26 heavy (non-hydrogen) atoms. The number of aryl methyl sites for hydroxylation is 1. The van der Waals surface area contributed by atoms with Crippen molar-refractivity contribution in [3.05, 3.63) is 58.9 Å². The largest absolute Gasteiger partial charge is 0.493 e. The van der Waals surface area contributed by atoms with Gasteiger partial charge < -0.3 is 20.1 Å². The third-order valence-electron chi connectivity index (χ3n) is 4.20. The van der Waals surface area contributed by atoms with Crippen LogP contribution in [0.3, 0.4) is 0 Å². The number of nitrogens with zero attached hydrogens (tertiary/aromatic N) is 1. The van der Waals surface area contributed by atoms with Crippen LogP contribution in [0.2, 0.25) is 0 Å². The molecule has 0 aliphatic rings. The van der Waals surface area contributed by atoms with E-state index in [1.165, 1.54) is 0 Å². The van der Waals surface area contributed by atoms with Crippen LogP contribution < -0.4 is 20.1 Å². The Bertz CT molecular complexity index is 778. The number of halogens is 1. The molecule has 0 aliphatic heterocycles. The summed E-state index contributed by atoms with van der Waals surface area (Å²) in [5.74, 6) is 1.77. The third kappa shape index (κ3) is 4.65. The van der Waals surface area contributed by atoms with Crippen molar-refractivity contribution >= 4 is 5.96 Å². The van der Waals surface area contributed by atoms with Crippen LogP contribution in [0.25, 0.3) is 0 Å². The number of benzene rings is 2. The van der Waals surface area contributed by atoms with Crippen molar-refractivity contribution < 1.29 is 13.9 Å². The zero-order chi connectivity index (χ0) is 19.1. The van der Waals surface area contributed by atoms with Gasteiger partial charge in [0.25, 0.3) is 0 Å². The lowest BCUT2D eigenvalue weighted by Gasteiger charge is -2.19. The number of hydrogen-bond donors (Lipinski definition) is 2. The quantitative estimate of drug-likeness (QED) is 0.611. The maximum Gasteiger partial charge on any atom is 0.191 e. The summed E-state index contributed by atoms with van der Waals surface area (Å²) in [6, 6.07) is 10.9. The lowest BCUT2D eigenvalue weighted by molar-refractivity contribution is 0.351. The first-order valence-electron chi connectivity index (χ1n) is 8.43. The second-order valence-corrected chi connectivity index (χ2v) is 5.95. The van der Waals surface area contributed by atoms with Gasteiger partial charge in [0, 0.05) is 19.2 Å². The van der Waals surface area contributed by atoms with Crippen molar-refractivity contribution in [1.29, 1.82) is 0 Å². The topological polar surface area (TPSA) is 54.9 Å². The molecule has 2 aromatic rings. The monoisotopic (exact) mass is 359 g/mol. The van der Waals surface area contributed by atoms with Crippen LogP contribution >= 0.6 is 0 Å². The Balaban J connectivity index is 2.05. The van der Waals surface area contributed by atoms with Crippen molar-refractivity contribution in [3.63, 3.8) is 0 Å². The molecule has 2 aromatic carbocycles. The standard InChI is InChI=1S/C20H26FN3O2/c1-13-9-10-15(11-17(13)21)14(2)24-20(22-3)23-12-16-7-6-8-18(25-4)19(16)26-5/h6-11,14H,12H2,1-5H3,(H2,22,23,24). The summed E-state index contributed by atoms with van der Waals surface area (Å²) in [5, 5.41) is 6.51. The zero-order valence-corrected chi connectivity index (χ0v) is 15.9. The van der Waals surface area contributed by atoms with Crippen LogP contribution in [0.15, 0.2) is 41.4 Å². The number of rotatable bonds is 6. The molecule has 0 aromatic heterocycles. The van der Waals surface area contributed by atoms with Crippen molar-refractivity contribution in [2.45, 2.75) is 26.4 Å². The van der Waals surface area contributed by atoms with E-state index < -0.39 is 0 Å². The highest BCUT2D eigenvalue weighted by molar-refractivity contribution is 5.80. The molecule has 140 valence electrons. The number of nitrogens with one attached hydrogen (secondary N) is 2. The van der Waals surface area contributed by atoms with Crippen LogP contribution in [0.5, 0.6) is 11.5 Å². The van der Waals surface area contributed by atoms with E-state index in [4.69, 9.17) is 9.47 Å². The van der Waals surface area contributed by atoms with Crippen LogP contribution in [0.1, 0.15) is 29.7 Å². The molecule has 0 spiro atoms. The molecule has 6 heteroatoms. The van der Waals surface area contributed by atoms with E-state index in [2.05, 4.69) is 15.6 Å². The normalized spacial score (nSPS) is 12.5. The summed E-state index contributed by atoms with van der Waals surface area (Å²) < 4.78 is 24.5. The minimum Gasteiger partial charge on any atom is -0.493 e. The Labute approximate surface area is 154 Å². The molecule has 0 radical (unpaired) electrons. The highest BCUT2D eigenvalue weighted by Gasteiger charge is 2.12. The van der Waals surface area contributed by atoms with Gasteiger partial charge in [-0.3, -0.25) is 4.99 Å². The fraction of sp³-hybridized carbons (Fsp3) is 0.350. The van der Waals surface area contributed by atoms with Gasteiger partial charge >= 0.3 is 0 Å². The van der Waals surface area contributed by atoms with Crippen molar-refractivity contribution in [2.24, 2.45) is 4.99 Å². The molecule has 1 unspecified atom stereocenters. The maximum absolute atomic E-state index is 13.8. The summed E-state index contributed by atoms with van der Waals surface area (Å²) in [7, 11) is 4.92. The fourth-order valence-electron chi connectivity index (χ4n) is 2.63. The van der Waals surface area contributed by atoms with Crippen LogP contribution in [0, 0.1) is 12.7 Å². The molecule has 1 atom stereocenters. The van der Waals surface area contributed by atoms with E-state index in [1.54, 1.807) is 40.3 Å². The highest BCUT2D eigenvalue weighted by atomic mass is 19.1. The molecule has 0 fully saturated rings. The lowest BCUT2D eigenvalue weighted by atomic mass is 10.1. The number of guanidine groups is 1. The lowest BCUT2D eigenvalue weighted by Crippen LogP contribution is -2.38. The van der Waals surface area contributed by atoms with Gasteiger partial charge in [0.15, 0.2) is 17.5 Å². The van der Waals surface area contributed by atoms with Gasteiger partial charge in [-0.15, -0.1) is 0 Å². The third-order valence-corrected chi connectivity index (χ3v) is 4.20. The van der Waals surface area contributed by atoms with Crippen molar-refractivity contribution in [1.82, 2.24) is 10.6 Å². The highest BCUT2D eigenvalue weighted by Crippen LogP contribution is 2.30. The summed E-state index contributed by atoms with van der Waals surface area (Å²) in [6.07, 6.45) is 0. The summed E-state index contributed by atoms with van der Waals surface area (Å²) in [4.78, 5) is 4.24. The molecular formula is C20H26FN3O2. The average molecular weight is 359 g/mol. The Morgan fingerprint density at radius 2 is 1.96 bits per heavy atom. The van der Waals surface area contributed by atoms with Gasteiger partial charge in [-0.25, -0.2) is 4.39 Å². The second-order valence-electron chi connectivity index (χ2n) is 5.95. The van der Waals surface area contributed by atoms with Crippen LogP contribution in [0.4, 0.5) is 4.39 Å². The van der Waals surface area contributed by atoms with Gasteiger partial charge in [0.05, 0.1) is 20.3 Å². The maximum atomic E-state index is 13.8. The molecule has 0 saturated heterocycles. The predicted octanol–water partition coefficient (Wildman–Crippen LogP) is 3.58. The van der Waals surface area contributed by atoms with E-state index in [1.807, 2.05) is 31.2 Å². The van der Waals surface area contributed by atoms with E-state index in [0.717, 1.165) is 11.1 Å². The summed E-state index contributed by atoms with van der Waals surface area (Å²) >= 11 is 0. The molecule has 2 N–H and O–H groups in total. The van der Waals surface area contributed by atoms with Gasteiger partial charge in [0.2, 0.25) is 0 Å². The van der Waals surface area contributed by atoms with Crippen molar-refractivity contribution in [2.75, 3.05) is 21.3 Å². The molecule has 0 aliphatic carbocycles. The summed E-state index contributed by atoms with van der Waals surface area (Å²) in [6.45, 7) is 4.22. The predicted molar refractivity (Wildman–Crippen MR) is 102 cm³/mol. The molecule has 0 saturated carbocycles. The number of hydrogen-bond acceptors (Lipinski definition) is 3. The molecule has 2 rings (SSSR count). The fourth-order valence-corrected chi connectivity index (χ4v) is 2.63. The SMILES string of the molecule is CN=C(NCc1cccc(OC)c1OC)NC(C)c1ccc(C)c(F)c1. The molecule has 5 nitrogen and oxygen atoms in total. The van der Waals surface area contributed by atoms with Crippen LogP contribution in [-0.4, -0.2) is 27.2 Å². The first kappa shape index (κ1) is 19.6. The average Bonchev–Trinajstić information content (AvgIpc) is 2.66. The van der Waals surface area contributed by atoms with E-state index in [0.29, 0.717) is 29.6 Å². The summed E-state index contributed by atoms with van der Waals surface area (Å²) in [5.41, 5.74) is 2.44. The second kappa shape index (κ2) is 9.08. The van der Waals surface area contributed by atoms with E-state index >= 15 is 0 Å². The first-order chi connectivity index (χ1) is 12.5. The molecular weight excluding hydrogens is 333 g/mol. The minimum atomic E-state index is -0.208. The van der Waals surface area contributed by atoms with Gasteiger partial charge in [-0.2, -0.15) is 0 Å². The van der Waals surface area contributed by atoms with Gasteiger partial charge in [-0.05, 0) is 37.1 Å². The zero-order valence-electron chi connectivity index (χ0n) is 15.9. The van der Waals surface area contributed by atoms with Crippen LogP contribution in [-0.2, 0) is 6.54 Å². The Morgan fingerprint density at radius 1 is 1.19 bits per heavy atom.